The average Bonchev–Trinajstić information content (AvgIpc) is 2.63. The van der Waals surface area contributed by atoms with Crippen LogP contribution in [0.5, 0.6) is 0 Å². The van der Waals surface area contributed by atoms with Gasteiger partial charge in [-0.3, -0.25) is 20.2 Å². The van der Waals surface area contributed by atoms with Crippen LogP contribution in [0.2, 0.25) is 0 Å². The van der Waals surface area contributed by atoms with Crippen LogP contribution < -0.4 is 0 Å². The Morgan fingerprint density at radius 3 is 2.04 bits per heavy atom. The minimum absolute atomic E-state index is 0.187. The van der Waals surface area contributed by atoms with E-state index in [1.165, 1.54) is 31.4 Å². The number of nitrogens with zero attached hydrogens (tertiary/aromatic N) is 2. The van der Waals surface area contributed by atoms with Gasteiger partial charge in [-0.05, 0) is 50.7 Å². The third-order valence-corrected chi connectivity index (χ3v) is 3.81. The smallest absolute Gasteiger partial charge is 0.253 e. The Hall–Kier alpha value is -2.57. The molecular weight excluding hydrogens is 348 g/mol. The van der Waals surface area contributed by atoms with E-state index in [4.69, 9.17) is 0 Å². The number of allylic oxidation sites excluding steroid dienone is 6. The molecule has 7 nitrogen and oxygen atoms in total. The van der Waals surface area contributed by atoms with Gasteiger partial charge < -0.3 is 4.79 Å². The first-order valence-electron chi connectivity index (χ1n) is 9.43. The first kappa shape index (κ1) is 24.4. The summed E-state index contributed by atoms with van der Waals surface area (Å²) in [5.74, 6) is 0. The SMILES string of the molecule is CCCCC/C=C/C/C=C/C/C=C(/C/C(=C/CCCC=O)[N+](=O)[O-])[N+](=O)[O-]. The van der Waals surface area contributed by atoms with Crippen molar-refractivity contribution in [1.82, 2.24) is 0 Å². The average molecular weight is 378 g/mol. The third-order valence-electron chi connectivity index (χ3n) is 3.81. The lowest BCUT2D eigenvalue weighted by Gasteiger charge is -1.98. The number of carbonyl (C=O) groups excluding carboxylic acids is 1. The molecule has 0 aliphatic rings. The molecule has 0 N–H and O–H groups in total. The Labute approximate surface area is 160 Å². The predicted octanol–water partition coefficient (Wildman–Crippen LogP) is 5.54. The van der Waals surface area contributed by atoms with E-state index in [1.807, 2.05) is 12.2 Å². The summed E-state index contributed by atoms with van der Waals surface area (Å²) < 4.78 is 0. The summed E-state index contributed by atoms with van der Waals surface area (Å²) in [5.41, 5.74) is -0.393. The fraction of sp³-hybridized carbons (Fsp3) is 0.550. The minimum Gasteiger partial charge on any atom is -0.303 e. The van der Waals surface area contributed by atoms with Crippen LogP contribution in [0, 0.1) is 20.2 Å². The van der Waals surface area contributed by atoms with Crippen molar-refractivity contribution < 1.29 is 14.6 Å². The molecule has 0 radical (unpaired) electrons. The lowest BCUT2D eigenvalue weighted by molar-refractivity contribution is -0.450. The fourth-order valence-electron chi connectivity index (χ4n) is 2.28. The van der Waals surface area contributed by atoms with Gasteiger partial charge in [0.05, 0.1) is 9.85 Å². The molecule has 0 rings (SSSR count). The summed E-state index contributed by atoms with van der Waals surface area (Å²) in [6, 6.07) is 0. The Balaban J connectivity index is 4.54. The third kappa shape index (κ3) is 14.3. The molecule has 0 aromatic carbocycles. The van der Waals surface area contributed by atoms with E-state index in [9.17, 15) is 25.0 Å². The molecule has 0 aliphatic carbocycles. The Morgan fingerprint density at radius 2 is 1.41 bits per heavy atom. The summed E-state index contributed by atoms with van der Waals surface area (Å²) in [4.78, 5) is 31.3. The molecule has 0 fully saturated rings. The van der Waals surface area contributed by atoms with Crippen LogP contribution in [-0.2, 0) is 4.79 Å². The second-order valence-corrected chi connectivity index (χ2v) is 6.09. The molecule has 0 saturated carbocycles. The molecule has 0 saturated heterocycles. The van der Waals surface area contributed by atoms with Crippen LogP contribution >= 0.6 is 0 Å². The molecule has 0 bridgehead atoms. The van der Waals surface area contributed by atoms with Crippen LogP contribution in [0.1, 0.15) is 71.1 Å². The Bertz CT molecular complexity index is 577. The number of carbonyl (C=O) groups is 1. The molecule has 7 heteroatoms. The lowest BCUT2D eigenvalue weighted by atomic mass is 10.1. The molecule has 0 aliphatic heterocycles. The van der Waals surface area contributed by atoms with Gasteiger partial charge in [0.1, 0.15) is 12.7 Å². The maximum atomic E-state index is 11.1. The largest absolute Gasteiger partial charge is 0.303 e. The standard InChI is InChI=1S/C20H30N2O5/c1-2-3-4-5-6-7-8-9-10-12-15-19(21(24)25)18-20(22(26)27)16-13-11-14-17-23/h6-7,9-10,15-17H,2-5,8,11-14,18H2,1H3/b7-6+,10-9+,19-15-,20-16-. The van der Waals surface area contributed by atoms with Gasteiger partial charge in [-0.2, -0.15) is 0 Å². The van der Waals surface area contributed by atoms with Gasteiger partial charge in [0.25, 0.3) is 11.4 Å². The van der Waals surface area contributed by atoms with Crippen molar-refractivity contribution in [1.29, 1.82) is 0 Å². The molecule has 0 atom stereocenters. The van der Waals surface area contributed by atoms with Gasteiger partial charge in [-0.1, -0.05) is 44.1 Å². The van der Waals surface area contributed by atoms with Gasteiger partial charge in [0.2, 0.25) is 0 Å². The Morgan fingerprint density at radius 1 is 0.778 bits per heavy atom. The maximum Gasteiger partial charge on any atom is 0.253 e. The highest BCUT2D eigenvalue weighted by atomic mass is 16.6. The summed E-state index contributed by atoms with van der Waals surface area (Å²) >= 11 is 0. The zero-order valence-corrected chi connectivity index (χ0v) is 16.0. The van der Waals surface area contributed by atoms with E-state index in [-0.39, 0.29) is 17.8 Å². The van der Waals surface area contributed by atoms with E-state index < -0.39 is 9.85 Å². The molecular formula is C20H30N2O5. The summed E-state index contributed by atoms with van der Waals surface area (Å²) in [6.07, 6.45) is 18.1. The van der Waals surface area contributed by atoms with Crippen molar-refractivity contribution in [2.45, 2.75) is 71.1 Å². The normalized spacial score (nSPS) is 12.8. The molecule has 27 heavy (non-hydrogen) atoms. The predicted molar refractivity (Wildman–Crippen MR) is 106 cm³/mol. The van der Waals surface area contributed by atoms with Gasteiger partial charge in [0.15, 0.2) is 0 Å². The van der Waals surface area contributed by atoms with Gasteiger partial charge >= 0.3 is 0 Å². The van der Waals surface area contributed by atoms with Crippen LogP contribution in [0.25, 0.3) is 0 Å². The molecule has 150 valence electrons. The Kier molecular flexibility index (Phi) is 15.3. The molecule has 0 aromatic rings. The highest BCUT2D eigenvalue weighted by Gasteiger charge is 2.20. The number of unbranched alkanes of at least 4 members (excludes halogenated alkanes) is 5. The fourth-order valence-corrected chi connectivity index (χ4v) is 2.28. The quantitative estimate of drug-likeness (QED) is 0.115. The molecule has 0 amide bonds. The van der Waals surface area contributed by atoms with Crippen molar-refractivity contribution >= 4 is 6.29 Å². The first-order chi connectivity index (χ1) is 13.0. The van der Waals surface area contributed by atoms with E-state index in [2.05, 4.69) is 19.1 Å². The van der Waals surface area contributed by atoms with E-state index >= 15 is 0 Å². The maximum absolute atomic E-state index is 11.1. The number of rotatable bonds is 16. The molecule has 0 heterocycles. The van der Waals surface area contributed by atoms with Crippen molar-refractivity contribution in [3.63, 3.8) is 0 Å². The molecule has 0 spiro atoms. The monoisotopic (exact) mass is 378 g/mol. The van der Waals surface area contributed by atoms with E-state index in [1.54, 1.807) is 0 Å². The second-order valence-electron chi connectivity index (χ2n) is 6.09. The van der Waals surface area contributed by atoms with E-state index in [0.29, 0.717) is 25.7 Å². The van der Waals surface area contributed by atoms with Gasteiger partial charge in [-0.25, -0.2) is 0 Å². The van der Waals surface area contributed by atoms with Crippen LogP contribution in [-0.4, -0.2) is 16.1 Å². The van der Waals surface area contributed by atoms with Crippen molar-refractivity contribution in [2.24, 2.45) is 0 Å². The zero-order chi connectivity index (χ0) is 20.3. The zero-order valence-electron chi connectivity index (χ0n) is 16.0. The van der Waals surface area contributed by atoms with Crippen LogP contribution in [0.3, 0.4) is 0 Å². The lowest BCUT2D eigenvalue weighted by Crippen LogP contribution is -2.06. The molecule has 0 unspecified atom stereocenters. The topological polar surface area (TPSA) is 103 Å². The van der Waals surface area contributed by atoms with E-state index in [0.717, 1.165) is 19.1 Å². The summed E-state index contributed by atoms with van der Waals surface area (Å²) in [7, 11) is 0. The van der Waals surface area contributed by atoms with Crippen LogP contribution in [0.15, 0.2) is 47.9 Å². The van der Waals surface area contributed by atoms with Gasteiger partial charge in [0, 0.05) is 6.42 Å². The number of hydrogen-bond donors (Lipinski definition) is 0. The number of nitro groups is 2. The molecule has 0 aromatic heterocycles. The van der Waals surface area contributed by atoms with Crippen molar-refractivity contribution in [2.75, 3.05) is 0 Å². The van der Waals surface area contributed by atoms with Gasteiger partial charge in [-0.15, -0.1) is 0 Å². The number of hydrogen-bond acceptors (Lipinski definition) is 5. The minimum atomic E-state index is -0.600. The van der Waals surface area contributed by atoms with Crippen molar-refractivity contribution in [3.05, 3.63) is 68.1 Å². The summed E-state index contributed by atoms with van der Waals surface area (Å²) in [5, 5.41) is 22.2. The highest BCUT2D eigenvalue weighted by Crippen LogP contribution is 2.15. The summed E-state index contributed by atoms with van der Waals surface area (Å²) in [6.45, 7) is 2.16. The van der Waals surface area contributed by atoms with Crippen LogP contribution in [0.4, 0.5) is 0 Å². The van der Waals surface area contributed by atoms with Crippen molar-refractivity contribution in [3.8, 4) is 0 Å². The number of aldehydes is 1. The second kappa shape index (κ2) is 16.9. The first-order valence-corrected chi connectivity index (χ1v) is 9.43. The highest BCUT2D eigenvalue weighted by molar-refractivity contribution is 5.49.